The number of methoxy groups -OCH3 is 1. The number of carbonyl (C=O) groups excluding carboxylic acids is 1. The first kappa shape index (κ1) is 20.5. The van der Waals surface area contributed by atoms with E-state index in [1.807, 2.05) is 25.1 Å². The number of aromatic nitrogens is 5. The largest absolute Gasteiger partial charge is 0.496 e. The molecule has 0 unspecified atom stereocenters. The molecule has 9 heteroatoms. The zero-order chi connectivity index (χ0) is 22.2. The van der Waals surface area contributed by atoms with Gasteiger partial charge in [-0.1, -0.05) is 11.6 Å². The number of benzene rings is 1. The Hall–Kier alpha value is -3.72. The van der Waals surface area contributed by atoms with Crippen LogP contribution in [0.15, 0.2) is 49.1 Å². The number of aryl methyl sites for hydroxylation is 1. The van der Waals surface area contributed by atoms with Crippen molar-refractivity contribution in [3.05, 3.63) is 60.2 Å². The van der Waals surface area contributed by atoms with Crippen LogP contribution in [0.3, 0.4) is 0 Å². The Kier molecular flexibility index (Phi) is 5.20. The van der Waals surface area contributed by atoms with Crippen LogP contribution in [0.2, 0.25) is 0 Å². The number of amides is 1. The smallest absolute Gasteiger partial charge is 0.261 e. The van der Waals surface area contributed by atoms with Gasteiger partial charge in [-0.15, -0.1) is 0 Å². The summed E-state index contributed by atoms with van der Waals surface area (Å²) in [4.78, 5) is 17.3. The molecule has 0 bridgehead atoms. The first-order valence-electron chi connectivity index (χ1n) is 9.80. The van der Waals surface area contributed by atoms with Crippen LogP contribution in [0.25, 0.3) is 16.9 Å². The van der Waals surface area contributed by atoms with Crippen molar-refractivity contribution >= 4 is 17.2 Å². The van der Waals surface area contributed by atoms with Gasteiger partial charge in [0.05, 0.1) is 31.1 Å². The third kappa shape index (κ3) is 4.26. The molecule has 0 saturated carbocycles. The highest BCUT2D eigenvalue weighted by atomic mass is 16.5. The lowest BCUT2D eigenvalue weighted by molar-refractivity contribution is 0.0578. The summed E-state index contributed by atoms with van der Waals surface area (Å²) in [6.45, 7) is 5.62. The van der Waals surface area contributed by atoms with E-state index in [-0.39, 0.29) is 12.5 Å². The second-order valence-electron chi connectivity index (χ2n) is 8.01. The van der Waals surface area contributed by atoms with Gasteiger partial charge in [-0.2, -0.15) is 10.2 Å². The molecule has 0 aliphatic rings. The molecule has 0 spiro atoms. The lowest BCUT2D eigenvalue weighted by Crippen LogP contribution is -2.26. The van der Waals surface area contributed by atoms with Gasteiger partial charge in [-0.25, -0.2) is 9.50 Å². The van der Waals surface area contributed by atoms with Gasteiger partial charge in [-0.3, -0.25) is 9.48 Å². The van der Waals surface area contributed by atoms with Crippen LogP contribution in [0.1, 0.15) is 29.8 Å². The highest BCUT2D eigenvalue weighted by molar-refractivity contribution is 6.09. The minimum absolute atomic E-state index is 0.252. The van der Waals surface area contributed by atoms with E-state index in [1.54, 1.807) is 50.3 Å². The SMILES string of the molecule is COc1ccc(C)cc1-c1nn(CC(C)(C)O)cc1NC(=O)c1cnn2cccnc12. The van der Waals surface area contributed by atoms with Gasteiger partial charge in [0.15, 0.2) is 5.65 Å². The quantitative estimate of drug-likeness (QED) is 0.497. The van der Waals surface area contributed by atoms with Crippen molar-refractivity contribution in [1.29, 1.82) is 0 Å². The maximum absolute atomic E-state index is 13.1. The van der Waals surface area contributed by atoms with Crippen molar-refractivity contribution in [3.63, 3.8) is 0 Å². The highest BCUT2D eigenvalue weighted by Crippen LogP contribution is 2.35. The monoisotopic (exact) mass is 420 g/mol. The normalized spacial score (nSPS) is 11.6. The summed E-state index contributed by atoms with van der Waals surface area (Å²) in [5, 5.41) is 22.0. The Bertz CT molecular complexity index is 1250. The van der Waals surface area contributed by atoms with Gasteiger partial charge in [-0.05, 0) is 39.0 Å². The van der Waals surface area contributed by atoms with E-state index in [9.17, 15) is 9.90 Å². The van der Waals surface area contributed by atoms with E-state index in [0.717, 1.165) is 11.1 Å². The summed E-state index contributed by atoms with van der Waals surface area (Å²) < 4.78 is 8.67. The van der Waals surface area contributed by atoms with Crippen LogP contribution in [0.4, 0.5) is 5.69 Å². The molecule has 0 radical (unpaired) electrons. The summed E-state index contributed by atoms with van der Waals surface area (Å²) in [5.74, 6) is 0.275. The number of nitrogens with one attached hydrogen (secondary N) is 1. The van der Waals surface area contributed by atoms with E-state index in [4.69, 9.17) is 4.74 Å². The van der Waals surface area contributed by atoms with Crippen LogP contribution < -0.4 is 10.1 Å². The summed E-state index contributed by atoms with van der Waals surface area (Å²) in [5.41, 5.74) is 2.63. The fourth-order valence-electron chi connectivity index (χ4n) is 3.37. The predicted molar refractivity (Wildman–Crippen MR) is 116 cm³/mol. The zero-order valence-corrected chi connectivity index (χ0v) is 17.8. The summed E-state index contributed by atoms with van der Waals surface area (Å²) >= 11 is 0. The van der Waals surface area contributed by atoms with Crippen molar-refractivity contribution in [3.8, 4) is 17.0 Å². The second kappa shape index (κ2) is 7.84. The van der Waals surface area contributed by atoms with Gasteiger partial charge in [0, 0.05) is 24.2 Å². The van der Waals surface area contributed by atoms with Crippen LogP contribution in [0.5, 0.6) is 5.75 Å². The molecule has 9 nitrogen and oxygen atoms in total. The van der Waals surface area contributed by atoms with Gasteiger partial charge in [0.25, 0.3) is 5.91 Å². The molecule has 0 saturated heterocycles. The van der Waals surface area contributed by atoms with Crippen molar-refractivity contribution in [2.24, 2.45) is 0 Å². The van der Waals surface area contributed by atoms with E-state index in [2.05, 4.69) is 20.5 Å². The molecular formula is C22H24N6O3. The molecular weight excluding hydrogens is 396 g/mol. The van der Waals surface area contributed by atoms with Crippen LogP contribution in [-0.4, -0.2) is 48.1 Å². The second-order valence-corrected chi connectivity index (χ2v) is 8.01. The maximum atomic E-state index is 13.1. The van der Waals surface area contributed by atoms with Crippen LogP contribution >= 0.6 is 0 Å². The van der Waals surface area contributed by atoms with Crippen LogP contribution in [-0.2, 0) is 6.54 Å². The molecule has 3 heterocycles. The molecule has 1 aromatic carbocycles. The van der Waals surface area contributed by atoms with Crippen molar-refractivity contribution in [2.75, 3.05) is 12.4 Å². The molecule has 160 valence electrons. The summed E-state index contributed by atoms with van der Waals surface area (Å²) in [7, 11) is 1.59. The molecule has 2 N–H and O–H groups in total. The third-order valence-corrected chi connectivity index (χ3v) is 4.69. The Labute approximate surface area is 179 Å². The van der Waals surface area contributed by atoms with Crippen molar-refractivity contribution < 1.29 is 14.6 Å². The number of fused-ring (bicyclic) bond motifs is 1. The topological polar surface area (TPSA) is 107 Å². The number of aliphatic hydroxyl groups is 1. The number of nitrogens with zero attached hydrogens (tertiary/aromatic N) is 5. The molecule has 31 heavy (non-hydrogen) atoms. The van der Waals surface area contributed by atoms with Crippen molar-refractivity contribution in [1.82, 2.24) is 24.4 Å². The van der Waals surface area contributed by atoms with E-state index in [1.165, 1.54) is 10.7 Å². The van der Waals surface area contributed by atoms with Gasteiger partial charge < -0.3 is 15.2 Å². The Morgan fingerprint density at radius 2 is 2.13 bits per heavy atom. The molecule has 1 amide bonds. The minimum atomic E-state index is -0.979. The fraction of sp³-hybridized carbons (Fsp3) is 0.273. The molecule has 0 fully saturated rings. The first-order chi connectivity index (χ1) is 14.7. The Balaban J connectivity index is 1.77. The van der Waals surface area contributed by atoms with Gasteiger partial charge in [0.2, 0.25) is 0 Å². The summed E-state index contributed by atoms with van der Waals surface area (Å²) in [6, 6.07) is 7.49. The average Bonchev–Trinajstić information content (AvgIpc) is 3.30. The molecule has 4 aromatic rings. The van der Waals surface area contributed by atoms with E-state index < -0.39 is 5.60 Å². The number of ether oxygens (including phenoxy) is 1. The van der Waals surface area contributed by atoms with Crippen molar-refractivity contribution in [2.45, 2.75) is 32.9 Å². The van der Waals surface area contributed by atoms with E-state index in [0.29, 0.717) is 28.3 Å². The Morgan fingerprint density at radius 1 is 1.32 bits per heavy atom. The minimum Gasteiger partial charge on any atom is -0.496 e. The predicted octanol–water partition coefficient (Wildman–Crippen LogP) is 2.93. The first-order valence-corrected chi connectivity index (χ1v) is 9.80. The molecule has 4 rings (SSSR count). The molecule has 3 aromatic heterocycles. The maximum Gasteiger partial charge on any atom is 0.261 e. The zero-order valence-electron chi connectivity index (χ0n) is 17.8. The molecule has 0 aliphatic heterocycles. The fourth-order valence-corrected chi connectivity index (χ4v) is 3.37. The Morgan fingerprint density at radius 3 is 2.87 bits per heavy atom. The number of carbonyl (C=O) groups is 1. The average molecular weight is 420 g/mol. The standard InChI is InChI=1S/C22H24N6O3/c1-14-6-7-18(31-4)15(10-14)19-17(12-27(26-19)13-22(2,3)30)25-21(29)16-11-24-28-9-5-8-23-20(16)28/h5-12,30H,13H2,1-4H3,(H,25,29). The van der Waals surface area contributed by atoms with Crippen LogP contribution in [0, 0.1) is 6.92 Å². The lowest BCUT2D eigenvalue weighted by Gasteiger charge is -2.16. The van der Waals surface area contributed by atoms with Gasteiger partial charge >= 0.3 is 0 Å². The van der Waals surface area contributed by atoms with E-state index >= 15 is 0 Å². The molecule has 0 atom stereocenters. The lowest BCUT2D eigenvalue weighted by atomic mass is 10.1. The summed E-state index contributed by atoms with van der Waals surface area (Å²) in [6.07, 6.45) is 6.51. The van der Waals surface area contributed by atoms with Gasteiger partial charge in [0.1, 0.15) is 17.0 Å². The molecule has 0 aliphatic carbocycles. The highest BCUT2D eigenvalue weighted by Gasteiger charge is 2.22. The number of hydrogen-bond acceptors (Lipinski definition) is 6. The number of hydrogen-bond donors (Lipinski definition) is 2. The third-order valence-electron chi connectivity index (χ3n) is 4.69. The number of rotatable bonds is 6. The number of anilines is 1.